The van der Waals surface area contributed by atoms with E-state index in [-0.39, 0.29) is 5.54 Å². The monoisotopic (exact) mass is 270 g/mol. The summed E-state index contributed by atoms with van der Waals surface area (Å²) >= 11 is 0. The van der Waals surface area contributed by atoms with Crippen molar-refractivity contribution in [2.45, 2.75) is 25.9 Å². The minimum atomic E-state index is 0.0150. The number of nitrogens with zero attached hydrogens (tertiary/aromatic N) is 1. The van der Waals surface area contributed by atoms with Crippen molar-refractivity contribution in [3.63, 3.8) is 0 Å². The molecule has 0 spiro atoms. The molecule has 3 rings (SSSR count). The van der Waals surface area contributed by atoms with Crippen LogP contribution in [-0.4, -0.2) is 24.5 Å². The fourth-order valence-electron chi connectivity index (χ4n) is 3.00. The maximum Gasteiger partial charge on any atom is 0.118 e. The molecule has 1 N–H and O–H groups in total. The fourth-order valence-corrected chi connectivity index (χ4v) is 3.00. The lowest BCUT2D eigenvalue weighted by Crippen LogP contribution is -2.56. The van der Waals surface area contributed by atoms with Crippen LogP contribution < -0.4 is 5.32 Å². The van der Waals surface area contributed by atoms with Gasteiger partial charge in [-0.2, -0.15) is 0 Å². The van der Waals surface area contributed by atoms with Crippen molar-refractivity contribution in [3.05, 3.63) is 59.5 Å². The van der Waals surface area contributed by atoms with Crippen LogP contribution in [0.2, 0.25) is 0 Å². The Hall–Kier alpha value is -1.58. The molecule has 0 amide bonds. The molecule has 0 aliphatic carbocycles. The molecule has 3 heteroatoms. The summed E-state index contributed by atoms with van der Waals surface area (Å²) in [5.74, 6) is 2.04. The van der Waals surface area contributed by atoms with Crippen LogP contribution >= 0.6 is 0 Å². The Morgan fingerprint density at radius 1 is 1.20 bits per heavy atom. The van der Waals surface area contributed by atoms with Gasteiger partial charge in [0.05, 0.1) is 12.1 Å². The highest BCUT2D eigenvalue weighted by molar-refractivity contribution is 5.25. The van der Waals surface area contributed by atoms with Gasteiger partial charge in [-0.25, -0.2) is 0 Å². The van der Waals surface area contributed by atoms with Gasteiger partial charge in [0, 0.05) is 19.6 Å². The Bertz CT molecular complexity index is 563. The summed E-state index contributed by atoms with van der Waals surface area (Å²) in [6, 6.07) is 14.8. The second-order valence-electron chi connectivity index (χ2n) is 5.85. The average molecular weight is 270 g/mol. The van der Waals surface area contributed by atoms with Gasteiger partial charge in [0.25, 0.3) is 0 Å². The Morgan fingerprint density at radius 2 is 2.00 bits per heavy atom. The van der Waals surface area contributed by atoms with Crippen LogP contribution in [0.3, 0.4) is 0 Å². The molecule has 1 aromatic carbocycles. The molecule has 1 aromatic heterocycles. The standard InChI is InChI=1S/C17H22N2O/c1-14-8-9-16(20-14)12-19-11-10-18-17(2,13-19)15-6-4-3-5-7-15/h3-9,18H,10-13H2,1-2H3. The number of nitrogens with one attached hydrogen (secondary N) is 1. The third-order valence-electron chi connectivity index (χ3n) is 4.07. The van der Waals surface area contributed by atoms with Crippen molar-refractivity contribution in [1.82, 2.24) is 10.2 Å². The maximum atomic E-state index is 5.70. The lowest BCUT2D eigenvalue weighted by Gasteiger charge is -2.41. The average Bonchev–Trinajstić information content (AvgIpc) is 2.85. The quantitative estimate of drug-likeness (QED) is 0.929. The van der Waals surface area contributed by atoms with E-state index in [2.05, 4.69) is 53.5 Å². The lowest BCUT2D eigenvalue weighted by atomic mass is 9.89. The highest BCUT2D eigenvalue weighted by Crippen LogP contribution is 2.25. The van der Waals surface area contributed by atoms with E-state index in [4.69, 9.17) is 4.42 Å². The smallest absolute Gasteiger partial charge is 0.118 e. The summed E-state index contributed by atoms with van der Waals surface area (Å²) in [5, 5.41) is 3.66. The largest absolute Gasteiger partial charge is 0.465 e. The highest BCUT2D eigenvalue weighted by atomic mass is 16.3. The Morgan fingerprint density at radius 3 is 2.70 bits per heavy atom. The van der Waals surface area contributed by atoms with E-state index in [1.807, 2.05) is 13.0 Å². The van der Waals surface area contributed by atoms with Crippen molar-refractivity contribution in [2.75, 3.05) is 19.6 Å². The molecule has 0 bridgehead atoms. The molecule has 106 valence electrons. The number of aryl methyl sites for hydroxylation is 1. The first-order chi connectivity index (χ1) is 9.66. The number of hydrogen-bond donors (Lipinski definition) is 1. The molecule has 1 saturated heterocycles. The van der Waals surface area contributed by atoms with Gasteiger partial charge < -0.3 is 9.73 Å². The van der Waals surface area contributed by atoms with E-state index in [0.717, 1.165) is 37.7 Å². The molecule has 2 heterocycles. The van der Waals surface area contributed by atoms with Crippen molar-refractivity contribution in [3.8, 4) is 0 Å². The molecule has 0 radical (unpaired) electrons. The van der Waals surface area contributed by atoms with Crippen molar-refractivity contribution < 1.29 is 4.42 Å². The van der Waals surface area contributed by atoms with Crippen LogP contribution in [0.1, 0.15) is 24.0 Å². The molecule has 1 atom stereocenters. The Labute approximate surface area is 120 Å². The summed E-state index contributed by atoms with van der Waals surface area (Å²) in [6.07, 6.45) is 0. The minimum absolute atomic E-state index is 0.0150. The molecule has 1 fully saturated rings. The first kappa shape index (κ1) is 13.4. The van der Waals surface area contributed by atoms with Crippen LogP contribution in [0.5, 0.6) is 0 Å². The number of piperazine rings is 1. The zero-order valence-corrected chi connectivity index (χ0v) is 12.2. The van der Waals surface area contributed by atoms with Gasteiger partial charge in [-0.1, -0.05) is 30.3 Å². The van der Waals surface area contributed by atoms with E-state index < -0.39 is 0 Å². The molecule has 1 aliphatic rings. The fraction of sp³-hybridized carbons (Fsp3) is 0.412. The van der Waals surface area contributed by atoms with Gasteiger partial charge in [-0.3, -0.25) is 4.90 Å². The molecular formula is C17H22N2O. The zero-order valence-electron chi connectivity index (χ0n) is 12.2. The molecular weight excluding hydrogens is 248 g/mol. The van der Waals surface area contributed by atoms with Crippen molar-refractivity contribution in [2.24, 2.45) is 0 Å². The summed E-state index contributed by atoms with van der Waals surface area (Å²) in [4.78, 5) is 2.46. The van der Waals surface area contributed by atoms with E-state index >= 15 is 0 Å². The van der Waals surface area contributed by atoms with Crippen LogP contribution in [-0.2, 0) is 12.1 Å². The van der Waals surface area contributed by atoms with Gasteiger partial charge in [0.1, 0.15) is 11.5 Å². The molecule has 20 heavy (non-hydrogen) atoms. The minimum Gasteiger partial charge on any atom is -0.465 e. The van der Waals surface area contributed by atoms with E-state index in [0.29, 0.717) is 0 Å². The molecule has 3 nitrogen and oxygen atoms in total. The number of benzene rings is 1. The summed E-state index contributed by atoms with van der Waals surface area (Å²) in [5.41, 5.74) is 1.36. The maximum absolute atomic E-state index is 5.70. The lowest BCUT2D eigenvalue weighted by molar-refractivity contribution is 0.128. The highest BCUT2D eigenvalue weighted by Gasteiger charge is 2.32. The van der Waals surface area contributed by atoms with Gasteiger partial charge in [0.2, 0.25) is 0 Å². The van der Waals surface area contributed by atoms with Gasteiger partial charge in [-0.05, 0) is 31.5 Å². The van der Waals surface area contributed by atoms with Crippen LogP contribution in [0.25, 0.3) is 0 Å². The normalized spacial score (nSPS) is 23.9. The predicted molar refractivity (Wildman–Crippen MR) is 80.5 cm³/mol. The summed E-state index contributed by atoms with van der Waals surface area (Å²) in [6.45, 7) is 8.22. The SMILES string of the molecule is Cc1ccc(CN2CCNC(C)(c3ccccc3)C2)o1. The third-order valence-corrected chi connectivity index (χ3v) is 4.07. The molecule has 1 aliphatic heterocycles. The number of furan rings is 1. The second-order valence-corrected chi connectivity index (χ2v) is 5.85. The second kappa shape index (κ2) is 5.43. The topological polar surface area (TPSA) is 28.4 Å². The van der Waals surface area contributed by atoms with Crippen molar-refractivity contribution >= 4 is 0 Å². The third kappa shape index (κ3) is 2.79. The van der Waals surface area contributed by atoms with Crippen molar-refractivity contribution in [1.29, 1.82) is 0 Å². The van der Waals surface area contributed by atoms with Gasteiger partial charge in [0.15, 0.2) is 0 Å². The molecule has 0 saturated carbocycles. The summed E-state index contributed by atoms with van der Waals surface area (Å²) < 4.78 is 5.70. The predicted octanol–water partition coefficient (Wildman–Crippen LogP) is 2.91. The zero-order chi connectivity index (χ0) is 14.0. The molecule has 2 aromatic rings. The molecule has 1 unspecified atom stereocenters. The number of rotatable bonds is 3. The van der Waals surface area contributed by atoms with Crippen LogP contribution in [0, 0.1) is 6.92 Å². The number of hydrogen-bond acceptors (Lipinski definition) is 3. The first-order valence-electron chi connectivity index (χ1n) is 7.24. The van der Waals surface area contributed by atoms with E-state index in [1.54, 1.807) is 0 Å². The van der Waals surface area contributed by atoms with Gasteiger partial charge >= 0.3 is 0 Å². The van der Waals surface area contributed by atoms with E-state index in [1.165, 1.54) is 5.56 Å². The van der Waals surface area contributed by atoms with E-state index in [9.17, 15) is 0 Å². The summed E-state index contributed by atoms with van der Waals surface area (Å²) in [7, 11) is 0. The Kier molecular flexibility index (Phi) is 3.64. The first-order valence-corrected chi connectivity index (χ1v) is 7.24. The van der Waals surface area contributed by atoms with Gasteiger partial charge in [-0.15, -0.1) is 0 Å². The van der Waals surface area contributed by atoms with Crippen LogP contribution in [0.15, 0.2) is 46.9 Å². The van der Waals surface area contributed by atoms with Crippen LogP contribution in [0.4, 0.5) is 0 Å². The Balaban J connectivity index is 1.73.